The lowest BCUT2D eigenvalue weighted by atomic mass is 9.94. The lowest BCUT2D eigenvalue weighted by Crippen LogP contribution is -2.31. The van der Waals surface area contributed by atoms with Crippen molar-refractivity contribution in [2.45, 2.75) is 13.5 Å². The van der Waals surface area contributed by atoms with Crippen LogP contribution < -0.4 is 0 Å². The van der Waals surface area contributed by atoms with E-state index in [0.29, 0.717) is 12.1 Å². The Morgan fingerprint density at radius 3 is 2.87 bits per heavy atom. The van der Waals surface area contributed by atoms with Crippen molar-refractivity contribution in [1.82, 2.24) is 4.90 Å². The summed E-state index contributed by atoms with van der Waals surface area (Å²) in [4.78, 5) is 13.4. The highest BCUT2D eigenvalue weighted by Crippen LogP contribution is 2.28. The molecule has 1 heterocycles. The van der Waals surface area contributed by atoms with E-state index in [9.17, 15) is 9.18 Å². The van der Waals surface area contributed by atoms with Gasteiger partial charge in [-0.1, -0.05) is 12.1 Å². The Morgan fingerprint density at radius 2 is 2.20 bits per heavy atom. The van der Waals surface area contributed by atoms with Crippen LogP contribution in [-0.4, -0.2) is 17.9 Å². The van der Waals surface area contributed by atoms with Crippen molar-refractivity contribution in [3.63, 3.8) is 0 Å². The topological polar surface area (TPSA) is 20.3 Å². The summed E-state index contributed by atoms with van der Waals surface area (Å²) in [6.45, 7) is 2.29. The molecule has 1 aliphatic heterocycles. The molecule has 0 bridgehead atoms. The number of nitrogens with zero attached hydrogens (tertiary/aromatic N) is 1. The molecule has 0 spiro atoms. The summed E-state index contributed by atoms with van der Waals surface area (Å²) in [6.07, 6.45) is 1.77. The number of rotatable bonds is 0. The molecule has 1 aromatic rings. The van der Waals surface area contributed by atoms with Crippen LogP contribution in [0.25, 0.3) is 5.57 Å². The van der Waals surface area contributed by atoms with Crippen molar-refractivity contribution < 1.29 is 9.18 Å². The van der Waals surface area contributed by atoms with Gasteiger partial charge in [0.25, 0.3) is 5.91 Å². The molecule has 15 heavy (non-hydrogen) atoms. The number of amides is 1. The van der Waals surface area contributed by atoms with Gasteiger partial charge >= 0.3 is 0 Å². The number of allylic oxidation sites excluding steroid dienone is 1. The first kappa shape index (κ1) is 9.90. The molecule has 1 aliphatic rings. The zero-order valence-electron chi connectivity index (χ0n) is 8.75. The van der Waals surface area contributed by atoms with Crippen LogP contribution >= 0.6 is 0 Å². The van der Waals surface area contributed by atoms with E-state index in [1.165, 1.54) is 12.1 Å². The van der Waals surface area contributed by atoms with E-state index in [2.05, 4.69) is 0 Å². The smallest absolute Gasteiger partial charge is 0.254 e. The Kier molecular flexibility index (Phi) is 2.31. The minimum absolute atomic E-state index is 0.00314. The van der Waals surface area contributed by atoms with E-state index in [1.807, 2.05) is 6.92 Å². The molecule has 0 aliphatic carbocycles. The van der Waals surface area contributed by atoms with Crippen LogP contribution in [0.3, 0.4) is 0 Å². The van der Waals surface area contributed by atoms with Gasteiger partial charge < -0.3 is 4.90 Å². The van der Waals surface area contributed by atoms with Crippen LogP contribution in [0.2, 0.25) is 0 Å². The quantitative estimate of drug-likeness (QED) is 0.594. The highest BCUT2D eigenvalue weighted by molar-refractivity contribution is 6.20. The molecule has 0 saturated carbocycles. The Bertz CT molecular complexity index is 451. The number of hydrogen-bond acceptors (Lipinski definition) is 1. The summed E-state index contributed by atoms with van der Waals surface area (Å²) < 4.78 is 13.0. The first-order valence-electron chi connectivity index (χ1n) is 4.84. The summed E-state index contributed by atoms with van der Waals surface area (Å²) in [7, 11) is 1.72. The number of carbonyl (C=O) groups excluding carboxylic acids is 1. The molecular weight excluding hydrogens is 193 g/mol. The fraction of sp³-hybridized carbons (Fsp3) is 0.250. The summed E-state index contributed by atoms with van der Waals surface area (Å²) >= 11 is 0. The van der Waals surface area contributed by atoms with Crippen molar-refractivity contribution in [1.29, 1.82) is 0 Å². The minimum Gasteiger partial charge on any atom is -0.337 e. The maximum Gasteiger partial charge on any atom is 0.254 e. The molecular formula is C12H12FNO. The summed E-state index contributed by atoms with van der Waals surface area (Å²) in [6, 6.07) is 4.55. The second-order valence-electron chi connectivity index (χ2n) is 3.67. The third kappa shape index (κ3) is 1.54. The molecule has 1 amide bonds. The Labute approximate surface area is 88.0 Å². The molecule has 0 radical (unpaired) electrons. The van der Waals surface area contributed by atoms with Crippen molar-refractivity contribution in [2.75, 3.05) is 7.05 Å². The monoisotopic (exact) mass is 205 g/mol. The van der Waals surface area contributed by atoms with Crippen LogP contribution in [0, 0.1) is 5.82 Å². The number of hydrogen-bond donors (Lipinski definition) is 0. The number of fused-ring (bicyclic) bond motifs is 1. The fourth-order valence-corrected chi connectivity index (χ4v) is 1.88. The van der Waals surface area contributed by atoms with Crippen molar-refractivity contribution in [3.05, 3.63) is 41.2 Å². The maximum absolute atomic E-state index is 13.0. The largest absolute Gasteiger partial charge is 0.337 e. The molecule has 0 aromatic heterocycles. The molecule has 1 aromatic carbocycles. The third-order valence-corrected chi connectivity index (χ3v) is 2.63. The number of halogens is 1. The predicted octanol–water partition coefficient (Wildman–Crippen LogP) is 2.20. The second-order valence-corrected chi connectivity index (χ2v) is 3.67. The van der Waals surface area contributed by atoms with Crippen LogP contribution in [0.15, 0.2) is 24.3 Å². The predicted molar refractivity (Wildman–Crippen MR) is 56.5 cm³/mol. The summed E-state index contributed by atoms with van der Waals surface area (Å²) in [5.74, 6) is -0.261. The Balaban J connectivity index is 2.60. The fourth-order valence-electron chi connectivity index (χ4n) is 1.88. The van der Waals surface area contributed by atoms with Gasteiger partial charge in [0.15, 0.2) is 0 Å². The van der Waals surface area contributed by atoms with Crippen LogP contribution in [0.4, 0.5) is 4.39 Å². The molecule has 3 heteroatoms. The van der Waals surface area contributed by atoms with Gasteiger partial charge in [-0.2, -0.15) is 0 Å². The molecule has 2 nitrogen and oxygen atoms in total. The Morgan fingerprint density at radius 1 is 1.47 bits per heavy atom. The summed E-state index contributed by atoms with van der Waals surface area (Å²) in [5, 5.41) is 0. The van der Waals surface area contributed by atoms with Crippen molar-refractivity contribution >= 4 is 11.5 Å². The highest BCUT2D eigenvalue weighted by Gasteiger charge is 2.24. The lowest BCUT2D eigenvalue weighted by molar-refractivity contribution is -0.124. The average molecular weight is 205 g/mol. The molecule has 2 rings (SSSR count). The molecule has 0 unspecified atom stereocenters. The van der Waals surface area contributed by atoms with Gasteiger partial charge in [0.05, 0.1) is 0 Å². The normalized spacial score (nSPS) is 18.2. The standard InChI is InChI=1S/C12H12FNO/c1-3-10-11-5-4-9(13)6-8(11)7-14(2)12(10)15/h3-6H,7H2,1-2H3/b10-3-. The number of carbonyl (C=O) groups is 1. The van der Waals surface area contributed by atoms with Gasteiger partial charge in [-0.15, -0.1) is 0 Å². The lowest BCUT2D eigenvalue weighted by Gasteiger charge is -2.27. The number of benzene rings is 1. The minimum atomic E-state index is -0.257. The average Bonchev–Trinajstić information content (AvgIpc) is 2.20. The second kappa shape index (κ2) is 3.50. The maximum atomic E-state index is 13.0. The Hall–Kier alpha value is -1.64. The molecule has 0 fully saturated rings. The van der Waals surface area contributed by atoms with Crippen LogP contribution in [0.1, 0.15) is 18.1 Å². The summed E-state index contributed by atoms with van der Waals surface area (Å²) in [5.41, 5.74) is 2.37. The molecule has 0 atom stereocenters. The molecule has 0 saturated heterocycles. The van der Waals surface area contributed by atoms with Gasteiger partial charge in [-0.05, 0) is 30.2 Å². The first-order valence-corrected chi connectivity index (χ1v) is 4.84. The highest BCUT2D eigenvalue weighted by atomic mass is 19.1. The SMILES string of the molecule is C/C=C1\C(=O)N(C)Cc2cc(F)ccc21. The van der Waals surface area contributed by atoms with Gasteiger partial charge in [-0.25, -0.2) is 4.39 Å². The molecule has 78 valence electrons. The third-order valence-electron chi connectivity index (χ3n) is 2.63. The van der Waals surface area contributed by atoms with Gasteiger partial charge in [0.1, 0.15) is 5.82 Å². The van der Waals surface area contributed by atoms with Crippen molar-refractivity contribution in [2.24, 2.45) is 0 Å². The van der Waals surface area contributed by atoms with E-state index in [4.69, 9.17) is 0 Å². The van der Waals surface area contributed by atoms with E-state index in [-0.39, 0.29) is 11.7 Å². The van der Waals surface area contributed by atoms with E-state index in [1.54, 1.807) is 24.1 Å². The molecule has 0 N–H and O–H groups in total. The van der Waals surface area contributed by atoms with Crippen LogP contribution in [-0.2, 0) is 11.3 Å². The van der Waals surface area contributed by atoms with Crippen LogP contribution in [0.5, 0.6) is 0 Å². The number of likely N-dealkylation sites (N-methyl/N-ethyl adjacent to an activating group) is 1. The van der Waals surface area contributed by atoms with E-state index >= 15 is 0 Å². The van der Waals surface area contributed by atoms with Gasteiger partial charge in [-0.3, -0.25) is 4.79 Å². The first-order chi connectivity index (χ1) is 7.13. The zero-order valence-corrected chi connectivity index (χ0v) is 8.75. The van der Waals surface area contributed by atoms with E-state index < -0.39 is 0 Å². The van der Waals surface area contributed by atoms with Gasteiger partial charge in [0, 0.05) is 19.2 Å². The van der Waals surface area contributed by atoms with Gasteiger partial charge in [0.2, 0.25) is 0 Å². The van der Waals surface area contributed by atoms with E-state index in [0.717, 1.165) is 11.1 Å². The van der Waals surface area contributed by atoms with Crippen molar-refractivity contribution in [3.8, 4) is 0 Å². The zero-order chi connectivity index (χ0) is 11.0.